The molecule has 0 aliphatic heterocycles. The zero-order valence-electron chi connectivity index (χ0n) is 13.7. The number of nitrogens with one attached hydrogen (secondary N) is 3. The van der Waals surface area contributed by atoms with Crippen LogP contribution in [0.3, 0.4) is 0 Å². The number of anilines is 2. The molecule has 3 N–H and O–H groups in total. The molecule has 6 heteroatoms. The summed E-state index contributed by atoms with van der Waals surface area (Å²) in [5, 5.41) is 11.1. The molecular formula is C19H17N5O. The Bertz CT molecular complexity index is 1080. The molecule has 2 heterocycles. The standard InChI is InChI=1S/C19H17N5O/c1-12-16(9-13-5-3-2-4-6-13)18(25)23-19(21-12)22-15-8-7-14-11-20-24-17(14)10-15/h2-8,10-11H,9H2,1H3,(H,20,24)(H2,21,22,23,25). The summed E-state index contributed by atoms with van der Waals surface area (Å²) in [7, 11) is 0. The Kier molecular flexibility index (Phi) is 3.78. The van der Waals surface area contributed by atoms with Crippen LogP contribution < -0.4 is 10.9 Å². The fourth-order valence-corrected chi connectivity index (χ4v) is 2.83. The molecule has 0 bridgehead atoms. The molecule has 0 atom stereocenters. The van der Waals surface area contributed by atoms with Crippen LogP contribution in [0.2, 0.25) is 0 Å². The number of hydrogen-bond donors (Lipinski definition) is 3. The van der Waals surface area contributed by atoms with Crippen molar-refractivity contribution in [1.82, 2.24) is 20.2 Å². The largest absolute Gasteiger partial charge is 0.326 e. The second-order valence-corrected chi connectivity index (χ2v) is 5.94. The van der Waals surface area contributed by atoms with Gasteiger partial charge in [-0.15, -0.1) is 0 Å². The van der Waals surface area contributed by atoms with Crippen LogP contribution in [-0.4, -0.2) is 20.2 Å². The van der Waals surface area contributed by atoms with Gasteiger partial charge in [0.1, 0.15) is 0 Å². The van der Waals surface area contributed by atoms with Gasteiger partial charge < -0.3 is 5.32 Å². The minimum absolute atomic E-state index is 0.124. The van der Waals surface area contributed by atoms with Crippen LogP contribution in [0.5, 0.6) is 0 Å². The van der Waals surface area contributed by atoms with Crippen molar-refractivity contribution >= 4 is 22.5 Å². The lowest BCUT2D eigenvalue weighted by Gasteiger charge is -2.09. The van der Waals surface area contributed by atoms with Gasteiger partial charge in [0.15, 0.2) is 0 Å². The topological polar surface area (TPSA) is 86.5 Å². The molecule has 124 valence electrons. The van der Waals surface area contributed by atoms with Crippen LogP contribution in [-0.2, 0) is 6.42 Å². The lowest BCUT2D eigenvalue weighted by atomic mass is 10.1. The van der Waals surface area contributed by atoms with Gasteiger partial charge in [0.25, 0.3) is 5.56 Å². The van der Waals surface area contributed by atoms with E-state index in [0.717, 1.165) is 27.8 Å². The Morgan fingerprint density at radius 3 is 2.76 bits per heavy atom. The summed E-state index contributed by atoms with van der Waals surface area (Å²) in [5.41, 5.74) is 4.11. The molecule has 0 aliphatic rings. The number of aromatic amines is 2. The highest BCUT2D eigenvalue weighted by atomic mass is 16.1. The van der Waals surface area contributed by atoms with Gasteiger partial charge in [-0.25, -0.2) is 4.98 Å². The monoisotopic (exact) mass is 331 g/mol. The van der Waals surface area contributed by atoms with Crippen molar-refractivity contribution < 1.29 is 0 Å². The number of aromatic nitrogens is 4. The second kappa shape index (κ2) is 6.24. The third-order valence-corrected chi connectivity index (χ3v) is 4.15. The molecular weight excluding hydrogens is 314 g/mol. The van der Waals surface area contributed by atoms with Crippen molar-refractivity contribution in [3.05, 3.63) is 81.9 Å². The summed E-state index contributed by atoms with van der Waals surface area (Å²) in [6.45, 7) is 1.86. The fraction of sp³-hybridized carbons (Fsp3) is 0.105. The van der Waals surface area contributed by atoms with Gasteiger partial charge in [0, 0.05) is 23.1 Å². The van der Waals surface area contributed by atoms with E-state index in [1.165, 1.54) is 0 Å². The Balaban J connectivity index is 1.62. The fourth-order valence-electron chi connectivity index (χ4n) is 2.83. The molecule has 6 nitrogen and oxygen atoms in total. The molecule has 0 saturated carbocycles. The normalized spacial score (nSPS) is 10.9. The average molecular weight is 331 g/mol. The van der Waals surface area contributed by atoms with Crippen LogP contribution in [0.4, 0.5) is 11.6 Å². The summed E-state index contributed by atoms with van der Waals surface area (Å²) in [6.07, 6.45) is 2.33. The molecule has 25 heavy (non-hydrogen) atoms. The van der Waals surface area contributed by atoms with Gasteiger partial charge in [-0.1, -0.05) is 30.3 Å². The van der Waals surface area contributed by atoms with E-state index in [1.54, 1.807) is 6.20 Å². The number of fused-ring (bicyclic) bond motifs is 1. The third kappa shape index (κ3) is 3.14. The van der Waals surface area contributed by atoms with E-state index in [4.69, 9.17) is 0 Å². The molecule has 0 saturated heterocycles. The number of nitrogens with zero attached hydrogens (tertiary/aromatic N) is 2. The summed E-state index contributed by atoms with van der Waals surface area (Å²) >= 11 is 0. The van der Waals surface area contributed by atoms with Gasteiger partial charge in [-0.3, -0.25) is 14.9 Å². The quantitative estimate of drug-likeness (QED) is 0.535. The van der Waals surface area contributed by atoms with Crippen LogP contribution in [0.25, 0.3) is 10.9 Å². The van der Waals surface area contributed by atoms with Gasteiger partial charge in [-0.2, -0.15) is 5.10 Å². The molecule has 2 aromatic carbocycles. The lowest BCUT2D eigenvalue weighted by Crippen LogP contribution is -2.18. The number of benzene rings is 2. The highest BCUT2D eigenvalue weighted by molar-refractivity contribution is 5.82. The first-order valence-corrected chi connectivity index (χ1v) is 8.03. The lowest BCUT2D eigenvalue weighted by molar-refractivity contribution is 0.986. The van der Waals surface area contributed by atoms with Crippen LogP contribution in [0.15, 0.2) is 59.5 Å². The highest BCUT2D eigenvalue weighted by Crippen LogP contribution is 2.19. The van der Waals surface area contributed by atoms with E-state index in [1.807, 2.05) is 55.5 Å². The Morgan fingerprint density at radius 2 is 1.96 bits per heavy atom. The predicted molar refractivity (Wildman–Crippen MR) is 98.2 cm³/mol. The van der Waals surface area contributed by atoms with Crippen LogP contribution in [0.1, 0.15) is 16.8 Å². The van der Waals surface area contributed by atoms with Crippen molar-refractivity contribution in [2.24, 2.45) is 0 Å². The third-order valence-electron chi connectivity index (χ3n) is 4.15. The zero-order chi connectivity index (χ0) is 17.2. The number of rotatable bonds is 4. The summed E-state index contributed by atoms with van der Waals surface area (Å²) in [5.74, 6) is 0.429. The first-order valence-electron chi connectivity index (χ1n) is 8.03. The van der Waals surface area contributed by atoms with Gasteiger partial charge in [0.2, 0.25) is 5.95 Å². The SMILES string of the molecule is Cc1nc(Nc2ccc3cn[nH]c3c2)[nH]c(=O)c1Cc1ccccc1. The molecule has 0 radical (unpaired) electrons. The van der Waals surface area contributed by atoms with Gasteiger partial charge in [0.05, 0.1) is 17.4 Å². The number of hydrogen-bond acceptors (Lipinski definition) is 4. The molecule has 0 unspecified atom stereocenters. The van der Waals surface area contributed by atoms with Crippen molar-refractivity contribution in [3.63, 3.8) is 0 Å². The molecule has 0 aliphatic carbocycles. The smallest absolute Gasteiger partial charge is 0.256 e. The van der Waals surface area contributed by atoms with Crippen molar-refractivity contribution in [3.8, 4) is 0 Å². The summed E-state index contributed by atoms with van der Waals surface area (Å²) < 4.78 is 0. The van der Waals surface area contributed by atoms with Crippen LogP contribution >= 0.6 is 0 Å². The van der Waals surface area contributed by atoms with E-state index in [-0.39, 0.29) is 5.56 Å². The number of aryl methyl sites for hydroxylation is 1. The molecule has 0 amide bonds. The minimum Gasteiger partial charge on any atom is -0.326 e. The summed E-state index contributed by atoms with van der Waals surface area (Å²) in [4.78, 5) is 19.8. The first-order chi connectivity index (χ1) is 12.2. The highest BCUT2D eigenvalue weighted by Gasteiger charge is 2.09. The Labute approximate surface area is 144 Å². The molecule has 0 spiro atoms. The maximum Gasteiger partial charge on any atom is 0.256 e. The first kappa shape index (κ1) is 15.1. The van der Waals surface area contributed by atoms with Crippen molar-refractivity contribution in [2.45, 2.75) is 13.3 Å². The maximum absolute atomic E-state index is 12.5. The molecule has 0 fully saturated rings. The zero-order valence-corrected chi connectivity index (χ0v) is 13.7. The van der Waals surface area contributed by atoms with E-state index in [2.05, 4.69) is 25.5 Å². The predicted octanol–water partition coefficient (Wildman–Crippen LogP) is 3.29. The van der Waals surface area contributed by atoms with Crippen molar-refractivity contribution in [2.75, 3.05) is 5.32 Å². The van der Waals surface area contributed by atoms with Crippen LogP contribution in [0, 0.1) is 6.92 Å². The second-order valence-electron chi connectivity index (χ2n) is 5.94. The van der Waals surface area contributed by atoms with Gasteiger partial charge >= 0.3 is 0 Å². The average Bonchev–Trinajstić information content (AvgIpc) is 3.07. The number of H-pyrrole nitrogens is 2. The van der Waals surface area contributed by atoms with E-state index in [0.29, 0.717) is 17.9 Å². The maximum atomic E-state index is 12.5. The van der Waals surface area contributed by atoms with E-state index < -0.39 is 0 Å². The molecule has 4 aromatic rings. The Hall–Kier alpha value is -3.41. The van der Waals surface area contributed by atoms with E-state index >= 15 is 0 Å². The van der Waals surface area contributed by atoms with Crippen molar-refractivity contribution in [1.29, 1.82) is 0 Å². The summed E-state index contributed by atoms with van der Waals surface area (Å²) in [6, 6.07) is 15.7. The minimum atomic E-state index is -0.124. The van der Waals surface area contributed by atoms with Gasteiger partial charge in [-0.05, 0) is 30.7 Å². The Morgan fingerprint density at radius 1 is 1.12 bits per heavy atom. The molecule has 2 aromatic heterocycles. The van der Waals surface area contributed by atoms with E-state index in [9.17, 15) is 4.79 Å². The molecule has 4 rings (SSSR count).